The van der Waals surface area contributed by atoms with Crippen LogP contribution in [0.4, 0.5) is 0 Å². The van der Waals surface area contributed by atoms with Crippen molar-refractivity contribution in [2.75, 3.05) is 26.3 Å². The maximum atomic E-state index is 12.2. The molecule has 0 radical (unpaired) electrons. The van der Waals surface area contributed by atoms with Gasteiger partial charge in [-0.3, -0.25) is 9.59 Å². The van der Waals surface area contributed by atoms with E-state index in [9.17, 15) is 9.59 Å². The summed E-state index contributed by atoms with van der Waals surface area (Å²) in [5.41, 5.74) is 2.47. The zero-order valence-electron chi connectivity index (χ0n) is 16.2. The molecule has 2 atom stereocenters. The Kier molecular flexibility index (Phi) is 6.50. The average molecular weight is 371 g/mol. The first-order valence-corrected chi connectivity index (χ1v) is 9.76. The molecule has 0 bridgehead atoms. The van der Waals surface area contributed by atoms with Crippen LogP contribution in [0, 0.1) is 0 Å². The second kappa shape index (κ2) is 9.04. The van der Waals surface area contributed by atoms with Gasteiger partial charge in [-0.2, -0.15) is 0 Å². The molecule has 2 amide bonds. The van der Waals surface area contributed by atoms with E-state index in [4.69, 9.17) is 4.74 Å². The van der Waals surface area contributed by atoms with Gasteiger partial charge in [-0.1, -0.05) is 25.1 Å². The summed E-state index contributed by atoms with van der Waals surface area (Å²) in [4.78, 5) is 28.7. The van der Waals surface area contributed by atoms with Gasteiger partial charge in [-0.25, -0.2) is 0 Å². The van der Waals surface area contributed by atoms with Gasteiger partial charge in [0.2, 0.25) is 11.8 Å². The number of benzene rings is 1. The first-order valence-electron chi connectivity index (χ1n) is 9.76. The molecule has 1 aromatic heterocycles. The van der Waals surface area contributed by atoms with E-state index >= 15 is 0 Å². The van der Waals surface area contributed by atoms with Crippen LogP contribution in [0.3, 0.4) is 0 Å². The van der Waals surface area contributed by atoms with Crippen molar-refractivity contribution < 1.29 is 14.3 Å². The van der Waals surface area contributed by atoms with Gasteiger partial charge in [0.05, 0.1) is 6.61 Å². The van der Waals surface area contributed by atoms with E-state index in [1.165, 1.54) is 17.9 Å². The van der Waals surface area contributed by atoms with Crippen LogP contribution >= 0.6 is 0 Å². The molecule has 0 saturated carbocycles. The molecule has 2 aromatic rings. The van der Waals surface area contributed by atoms with Crippen molar-refractivity contribution in [1.29, 1.82) is 0 Å². The van der Waals surface area contributed by atoms with E-state index < -0.39 is 0 Å². The first-order chi connectivity index (χ1) is 13.1. The minimum atomic E-state index is -0.315. The molecule has 146 valence electrons. The monoisotopic (exact) mass is 371 g/mol. The van der Waals surface area contributed by atoms with Crippen LogP contribution in [0.25, 0.3) is 10.9 Å². The van der Waals surface area contributed by atoms with Crippen LogP contribution in [0.1, 0.15) is 44.6 Å². The summed E-state index contributed by atoms with van der Waals surface area (Å²) in [5, 5.41) is 4.15. The second-order valence-electron chi connectivity index (χ2n) is 7.25. The van der Waals surface area contributed by atoms with E-state index in [1.807, 2.05) is 6.07 Å². The van der Waals surface area contributed by atoms with Crippen LogP contribution in [0.2, 0.25) is 0 Å². The number of para-hydroxylation sites is 1. The average Bonchev–Trinajstić information content (AvgIpc) is 3.31. The molecule has 3 rings (SSSR count). The lowest BCUT2D eigenvalue weighted by Gasteiger charge is -2.22. The second-order valence-corrected chi connectivity index (χ2v) is 7.25. The van der Waals surface area contributed by atoms with Crippen molar-refractivity contribution >= 4 is 22.7 Å². The fourth-order valence-corrected chi connectivity index (χ4v) is 3.80. The quantitative estimate of drug-likeness (QED) is 0.701. The molecule has 1 fully saturated rings. The van der Waals surface area contributed by atoms with E-state index in [0.29, 0.717) is 32.2 Å². The van der Waals surface area contributed by atoms with Crippen molar-refractivity contribution in [3.05, 3.63) is 36.0 Å². The molecule has 6 heteroatoms. The Bertz CT molecular complexity index is 786. The first kappa shape index (κ1) is 19.4. The molecule has 1 unspecified atom stereocenters. The Hall–Kier alpha value is -2.34. The van der Waals surface area contributed by atoms with E-state index in [1.54, 1.807) is 4.90 Å². The number of ether oxygens (including phenoxy) is 1. The van der Waals surface area contributed by atoms with E-state index in [-0.39, 0.29) is 17.9 Å². The van der Waals surface area contributed by atoms with E-state index in [0.717, 1.165) is 24.8 Å². The summed E-state index contributed by atoms with van der Waals surface area (Å²) in [7, 11) is 0. The molecule has 1 aliphatic heterocycles. The Labute approximate surface area is 160 Å². The standard InChI is InChI=1S/C21H29N3O3/c1-15(18-14-23-19-7-4-3-6-17(18)19)9-12-27-13-10-22-21(26)20-8-5-11-24(20)16(2)25/h3-4,6-7,14-15,20,23H,5,8-13H2,1-2H3,(H,22,26)/t15?,20-/m0/s1. The van der Waals surface area contributed by atoms with Gasteiger partial charge >= 0.3 is 0 Å². The maximum absolute atomic E-state index is 12.2. The highest BCUT2D eigenvalue weighted by molar-refractivity contribution is 5.87. The molecule has 0 aliphatic carbocycles. The van der Waals surface area contributed by atoms with Crippen molar-refractivity contribution in [2.24, 2.45) is 0 Å². The number of likely N-dealkylation sites (tertiary alicyclic amines) is 1. The Morgan fingerprint density at radius 2 is 2.15 bits per heavy atom. The summed E-state index contributed by atoms with van der Waals surface area (Å²) >= 11 is 0. The lowest BCUT2D eigenvalue weighted by molar-refractivity contribution is -0.136. The lowest BCUT2D eigenvalue weighted by Crippen LogP contribution is -2.45. The molecule has 1 aliphatic rings. The summed E-state index contributed by atoms with van der Waals surface area (Å²) in [6, 6.07) is 8.00. The Morgan fingerprint density at radius 3 is 2.96 bits per heavy atom. The number of hydrogen-bond donors (Lipinski definition) is 2. The van der Waals surface area contributed by atoms with Crippen molar-refractivity contribution in [3.8, 4) is 0 Å². The number of H-pyrrole nitrogens is 1. The fourth-order valence-electron chi connectivity index (χ4n) is 3.80. The molecule has 27 heavy (non-hydrogen) atoms. The third-order valence-corrected chi connectivity index (χ3v) is 5.35. The number of aromatic amines is 1. The van der Waals surface area contributed by atoms with Crippen molar-refractivity contribution in [2.45, 2.75) is 45.1 Å². The molecule has 6 nitrogen and oxygen atoms in total. The highest BCUT2D eigenvalue weighted by Crippen LogP contribution is 2.27. The van der Waals surface area contributed by atoms with Crippen LogP contribution < -0.4 is 5.32 Å². The molecule has 2 N–H and O–H groups in total. The molecule has 0 spiro atoms. The summed E-state index contributed by atoms with van der Waals surface area (Å²) in [6.07, 6.45) is 4.64. The number of fused-ring (bicyclic) bond motifs is 1. The fraction of sp³-hybridized carbons (Fsp3) is 0.524. The van der Waals surface area contributed by atoms with Gasteiger partial charge in [0, 0.05) is 43.7 Å². The van der Waals surface area contributed by atoms with Crippen molar-refractivity contribution in [1.82, 2.24) is 15.2 Å². The number of amides is 2. The Balaban J connectivity index is 1.35. The van der Waals surface area contributed by atoms with Gasteiger partial charge in [0.25, 0.3) is 0 Å². The highest BCUT2D eigenvalue weighted by Gasteiger charge is 2.31. The minimum Gasteiger partial charge on any atom is -0.380 e. The zero-order chi connectivity index (χ0) is 19.2. The van der Waals surface area contributed by atoms with Crippen LogP contribution in [-0.4, -0.2) is 54.0 Å². The van der Waals surface area contributed by atoms with Crippen LogP contribution in [0.5, 0.6) is 0 Å². The lowest BCUT2D eigenvalue weighted by atomic mass is 9.98. The third kappa shape index (κ3) is 4.69. The smallest absolute Gasteiger partial charge is 0.242 e. The molecule has 1 aromatic carbocycles. The minimum absolute atomic E-state index is 0.0323. The van der Waals surface area contributed by atoms with Crippen molar-refractivity contribution in [3.63, 3.8) is 0 Å². The van der Waals surface area contributed by atoms with Crippen LogP contribution in [0.15, 0.2) is 30.5 Å². The van der Waals surface area contributed by atoms with Crippen LogP contribution in [-0.2, 0) is 14.3 Å². The normalized spacial score (nSPS) is 18.0. The number of carbonyl (C=O) groups excluding carboxylic acids is 2. The molecule has 2 heterocycles. The SMILES string of the molecule is CC(=O)N1CCC[C@H]1C(=O)NCCOCCC(C)c1c[nH]c2ccccc12. The molecule has 1 saturated heterocycles. The number of carbonyl (C=O) groups is 2. The molecular formula is C21H29N3O3. The summed E-state index contributed by atoms with van der Waals surface area (Å²) < 4.78 is 5.70. The number of nitrogens with one attached hydrogen (secondary N) is 2. The molecular weight excluding hydrogens is 342 g/mol. The topological polar surface area (TPSA) is 74.4 Å². The number of aromatic nitrogens is 1. The highest BCUT2D eigenvalue weighted by atomic mass is 16.5. The van der Waals surface area contributed by atoms with Gasteiger partial charge in [-0.15, -0.1) is 0 Å². The largest absolute Gasteiger partial charge is 0.380 e. The Morgan fingerprint density at radius 1 is 1.33 bits per heavy atom. The number of rotatable bonds is 8. The summed E-state index contributed by atoms with van der Waals surface area (Å²) in [5.74, 6) is 0.298. The zero-order valence-corrected chi connectivity index (χ0v) is 16.2. The van der Waals surface area contributed by atoms with Gasteiger partial charge < -0.3 is 19.9 Å². The predicted molar refractivity (Wildman–Crippen MR) is 106 cm³/mol. The van der Waals surface area contributed by atoms with Gasteiger partial charge in [0.1, 0.15) is 6.04 Å². The third-order valence-electron chi connectivity index (χ3n) is 5.35. The maximum Gasteiger partial charge on any atom is 0.242 e. The predicted octanol–water partition coefficient (Wildman–Crippen LogP) is 2.81. The number of hydrogen-bond acceptors (Lipinski definition) is 3. The van der Waals surface area contributed by atoms with Gasteiger partial charge in [-0.05, 0) is 36.8 Å². The summed E-state index contributed by atoms with van der Waals surface area (Å²) in [6.45, 7) is 6.01. The van der Waals surface area contributed by atoms with Gasteiger partial charge in [0.15, 0.2) is 0 Å². The van der Waals surface area contributed by atoms with E-state index in [2.05, 4.69) is 41.6 Å². The number of nitrogens with zero attached hydrogens (tertiary/aromatic N) is 1.